The van der Waals surface area contributed by atoms with E-state index >= 15 is 0 Å². The zero-order valence-electron chi connectivity index (χ0n) is 12.6. The summed E-state index contributed by atoms with van der Waals surface area (Å²) in [6.07, 6.45) is 0. The van der Waals surface area contributed by atoms with E-state index in [0.717, 1.165) is 0 Å². The molecule has 0 saturated carbocycles. The van der Waals surface area contributed by atoms with Crippen molar-refractivity contribution in [1.82, 2.24) is 0 Å². The van der Waals surface area contributed by atoms with Gasteiger partial charge in [-0.15, -0.1) is 0 Å². The summed E-state index contributed by atoms with van der Waals surface area (Å²) < 4.78 is 0. The number of ketones is 1. The Kier molecular flexibility index (Phi) is 5.68. The van der Waals surface area contributed by atoms with E-state index in [0.29, 0.717) is 16.4 Å². The van der Waals surface area contributed by atoms with Gasteiger partial charge in [-0.2, -0.15) is 5.10 Å². The van der Waals surface area contributed by atoms with Crippen molar-refractivity contribution in [3.63, 3.8) is 0 Å². The van der Waals surface area contributed by atoms with Gasteiger partial charge in [-0.3, -0.25) is 9.80 Å². The Morgan fingerprint density at radius 1 is 0.962 bits per heavy atom. The average Bonchev–Trinajstić information content (AvgIpc) is 2.95. The van der Waals surface area contributed by atoms with E-state index in [1.807, 2.05) is 0 Å². The van der Waals surface area contributed by atoms with Crippen molar-refractivity contribution in [1.29, 1.82) is 0 Å². The molecule has 136 valence electrons. The van der Waals surface area contributed by atoms with E-state index in [9.17, 15) is 4.79 Å². The molecule has 0 fully saturated rings. The number of anilines is 3. The number of carbonyl (C=O) groups is 1. The highest BCUT2D eigenvalue weighted by atomic mass is 35.5. The van der Waals surface area contributed by atoms with Crippen molar-refractivity contribution in [2.24, 2.45) is 5.10 Å². The number of nitrogens with two attached hydrogens (primary N) is 1. The number of nitrogens with one attached hydrogen (secondary N) is 1. The number of hydrazone groups is 1. The Morgan fingerprint density at radius 2 is 1.54 bits per heavy atom. The first-order valence-corrected chi connectivity index (χ1v) is 9.20. The fourth-order valence-corrected chi connectivity index (χ4v) is 3.72. The van der Waals surface area contributed by atoms with Crippen LogP contribution in [0.25, 0.3) is 0 Å². The summed E-state index contributed by atoms with van der Waals surface area (Å²) in [7, 11) is 0. The molecule has 0 unspecified atom stereocenters. The third-order valence-corrected chi connectivity index (χ3v) is 6.05. The largest absolute Gasteiger partial charge is 0.399 e. The van der Waals surface area contributed by atoms with Gasteiger partial charge in [-0.05, 0) is 18.2 Å². The van der Waals surface area contributed by atoms with E-state index in [4.69, 9.17) is 75.3 Å². The lowest BCUT2D eigenvalue weighted by atomic mass is 10.2. The topological polar surface area (TPSA) is 70.7 Å². The molecular weight excluding hydrogens is 465 g/mol. The minimum Gasteiger partial charge on any atom is -0.399 e. The molecule has 1 heterocycles. The van der Waals surface area contributed by atoms with Crippen LogP contribution in [0, 0.1) is 0 Å². The highest BCUT2D eigenvalue weighted by molar-refractivity contribution is 6.57. The third kappa shape index (κ3) is 3.52. The molecule has 0 aliphatic carbocycles. The van der Waals surface area contributed by atoms with Gasteiger partial charge in [0.15, 0.2) is 5.84 Å². The lowest BCUT2D eigenvalue weighted by Crippen LogP contribution is -2.23. The van der Waals surface area contributed by atoms with Gasteiger partial charge >= 0.3 is 0 Å². The number of nitrogen functional groups attached to an aromatic ring is 1. The van der Waals surface area contributed by atoms with E-state index in [-0.39, 0.29) is 49.0 Å². The summed E-state index contributed by atoms with van der Waals surface area (Å²) in [6, 6.07) is 4.82. The van der Waals surface area contributed by atoms with Crippen LogP contribution < -0.4 is 16.1 Å². The predicted molar refractivity (Wildman–Crippen MR) is 111 cm³/mol. The molecule has 26 heavy (non-hydrogen) atoms. The Hall–Kier alpha value is -1.08. The Labute approximate surface area is 178 Å². The van der Waals surface area contributed by atoms with Gasteiger partial charge in [0, 0.05) is 5.69 Å². The normalized spacial score (nSPS) is 14.0. The van der Waals surface area contributed by atoms with Gasteiger partial charge in [0.2, 0.25) is 5.78 Å². The van der Waals surface area contributed by atoms with Crippen molar-refractivity contribution in [3.05, 3.63) is 48.3 Å². The standard InChI is InChI=1S/C15H8Cl6N4O/c16-6-2-1-5(22)3-7(6)23-15-8(26)4-25(24-15)14-12(20)10(18)9(17)11(19)13(14)21/h1-3H,4,22H2,(H,23,24). The first kappa shape index (κ1) is 19.7. The van der Waals surface area contributed by atoms with Crippen LogP contribution in [0.5, 0.6) is 0 Å². The number of carbonyl (C=O) groups excluding carboxylic acids is 1. The first-order valence-electron chi connectivity index (χ1n) is 6.93. The summed E-state index contributed by atoms with van der Waals surface area (Å²) in [5, 5.41) is 8.82. The number of amidine groups is 1. The molecule has 3 rings (SSSR count). The minimum absolute atomic E-state index is 0.0145. The van der Waals surface area contributed by atoms with E-state index in [2.05, 4.69) is 10.4 Å². The molecular formula is C15H8Cl6N4O. The molecule has 0 saturated heterocycles. The molecule has 2 aromatic rings. The molecule has 0 aromatic heterocycles. The molecule has 11 heteroatoms. The highest BCUT2D eigenvalue weighted by Crippen LogP contribution is 2.48. The van der Waals surface area contributed by atoms with Crippen molar-refractivity contribution in [2.75, 3.05) is 22.6 Å². The van der Waals surface area contributed by atoms with E-state index in [1.165, 1.54) is 5.01 Å². The molecule has 0 atom stereocenters. The van der Waals surface area contributed by atoms with Crippen LogP contribution in [-0.2, 0) is 4.79 Å². The van der Waals surface area contributed by atoms with Gasteiger partial charge in [0.25, 0.3) is 0 Å². The lowest BCUT2D eigenvalue weighted by Gasteiger charge is -2.18. The second-order valence-electron chi connectivity index (χ2n) is 5.21. The summed E-state index contributed by atoms with van der Waals surface area (Å²) in [5.74, 6) is -0.287. The molecule has 5 nitrogen and oxygen atoms in total. The Morgan fingerprint density at radius 3 is 2.15 bits per heavy atom. The van der Waals surface area contributed by atoms with Crippen molar-refractivity contribution >= 4 is 98.3 Å². The van der Waals surface area contributed by atoms with Crippen LogP contribution in [0.3, 0.4) is 0 Å². The van der Waals surface area contributed by atoms with Crippen LogP contribution in [-0.4, -0.2) is 18.2 Å². The van der Waals surface area contributed by atoms with Crippen molar-refractivity contribution in [3.8, 4) is 0 Å². The maximum Gasteiger partial charge on any atom is 0.221 e. The second kappa shape index (κ2) is 7.50. The summed E-state index contributed by atoms with van der Waals surface area (Å²) in [6.45, 7) is -0.129. The number of hydrogen-bond acceptors (Lipinski definition) is 5. The van der Waals surface area contributed by atoms with Gasteiger partial charge in [-0.1, -0.05) is 69.6 Å². The van der Waals surface area contributed by atoms with Gasteiger partial charge in [0.1, 0.15) is 12.2 Å². The number of nitrogens with zero attached hydrogens (tertiary/aromatic N) is 2. The molecule has 0 radical (unpaired) electrons. The zero-order chi connectivity index (χ0) is 19.2. The first-order chi connectivity index (χ1) is 12.2. The van der Waals surface area contributed by atoms with Crippen molar-refractivity contribution < 1.29 is 4.79 Å². The number of hydrogen-bond donors (Lipinski definition) is 2. The quantitative estimate of drug-likeness (QED) is 0.319. The Bertz CT molecular complexity index is 933. The average molecular weight is 473 g/mol. The Balaban J connectivity index is 2.00. The smallest absolute Gasteiger partial charge is 0.221 e. The van der Waals surface area contributed by atoms with Crippen LogP contribution >= 0.6 is 69.6 Å². The van der Waals surface area contributed by atoms with Gasteiger partial charge in [-0.25, -0.2) is 0 Å². The monoisotopic (exact) mass is 470 g/mol. The SMILES string of the molecule is Nc1ccc(Cl)c(NC2=NN(c3c(Cl)c(Cl)c(Cl)c(Cl)c3Cl)CC2=O)c1. The van der Waals surface area contributed by atoms with Gasteiger partial charge < -0.3 is 11.1 Å². The van der Waals surface area contributed by atoms with E-state index in [1.54, 1.807) is 18.2 Å². The van der Waals surface area contributed by atoms with Crippen LogP contribution in [0.2, 0.25) is 30.1 Å². The predicted octanol–water partition coefficient (Wildman–Crippen LogP) is 6.00. The van der Waals surface area contributed by atoms with Crippen LogP contribution in [0.1, 0.15) is 0 Å². The van der Waals surface area contributed by atoms with Gasteiger partial charge in [0.05, 0.1) is 35.8 Å². The molecule has 0 amide bonds. The maximum atomic E-state index is 12.3. The number of benzene rings is 2. The summed E-state index contributed by atoms with van der Waals surface area (Å²) in [4.78, 5) is 12.3. The molecule has 1 aliphatic rings. The number of halogens is 6. The minimum atomic E-state index is -0.321. The molecule has 1 aliphatic heterocycles. The molecule has 0 bridgehead atoms. The molecule has 2 aromatic carbocycles. The van der Waals surface area contributed by atoms with Crippen LogP contribution in [0.15, 0.2) is 23.3 Å². The highest BCUT2D eigenvalue weighted by Gasteiger charge is 2.31. The maximum absolute atomic E-state index is 12.3. The number of Topliss-reactive ketones (excluding diaryl/α,β-unsaturated/α-hetero) is 1. The van der Waals surface area contributed by atoms with Crippen LogP contribution in [0.4, 0.5) is 17.1 Å². The fraction of sp³-hybridized carbons (Fsp3) is 0.0667. The second-order valence-corrected chi connectivity index (χ2v) is 7.51. The van der Waals surface area contributed by atoms with E-state index < -0.39 is 0 Å². The third-order valence-electron chi connectivity index (χ3n) is 3.47. The summed E-state index contributed by atoms with van der Waals surface area (Å²) >= 11 is 36.6. The van der Waals surface area contributed by atoms with Crippen molar-refractivity contribution in [2.45, 2.75) is 0 Å². The molecule has 0 spiro atoms. The molecule has 3 N–H and O–H groups in total. The summed E-state index contributed by atoms with van der Waals surface area (Å²) in [5.41, 5.74) is 6.82. The fourth-order valence-electron chi connectivity index (χ4n) is 2.23. The number of rotatable bonds is 2. The zero-order valence-corrected chi connectivity index (χ0v) is 17.1. The lowest BCUT2D eigenvalue weighted by molar-refractivity contribution is -0.111.